The number of aromatic nitrogens is 1. The number of fused-ring (bicyclic) bond motifs is 1. The fourth-order valence-corrected chi connectivity index (χ4v) is 2.85. The molecule has 1 atom stereocenters. The quantitative estimate of drug-likeness (QED) is 0.486. The van der Waals surface area contributed by atoms with Crippen molar-refractivity contribution in [2.45, 2.75) is 25.7 Å². The van der Waals surface area contributed by atoms with Crippen molar-refractivity contribution < 1.29 is 0 Å². The minimum absolute atomic E-state index is 0. The van der Waals surface area contributed by atoms with Gasteiger partial charge in [-0.05, 0) is 43.4 Å². The van der Waals surface area contributed by atoms with Crippen molar-refractivity contribution in [2.24, 2.45) is 21.7 Å². The average Bonchev–Trinajstić information content (AvgIpc) is 2.52. The minimum atomic E-state index is -0.0315. The molecule has 7 heteroatoms. The normalized spacial score (nSPS) is 17.2. The van der Waals surface area contributed by atoms with E-state index in [-0.39, 0.29) is 30.8 Å². The zero-order valence-electron chi connectivity index (χ0n) is 13.3. The number of pyridine rings is 1. The molecule has 5 nitrogen and oxygen atoms in total. The lowest BCUT2D eigenvalue weighted by atomic mass is 9.81. The van der Waals surface area contributed by atoms with Crippen molar-refractivity contribution in [3.05, 3.63) is 65.0 Å². The fraction of sp³-hybridized carbons (Fsp3) is 0.235. The highest BCUT2D eigenvalue weighted by Crippen LogP contribution is 2.32. The van der Waals surface area contributed by atoms with Gasteiger partial charge in [-0.1, -0.05) is 30.3 Å². The standard InChI is InChI=1S/C17H19N5.2ClH/c1-11-7-8-14-15(20-11)9-13(12-5-3-2-4-6-12)10-16(14)21-22-17(18)19;;/h2-8,13H,9-10H2,1H3,(H4,18,19,22);2*1H/b21-16+;;. The Morgan fingerprint density at radius 3 is 2.42 bits per heavy atom. The number of aryl methyl sites for hydroxylation is 1. The van der Waals surface area contributed by atoms with E-state index < -0.39 is 0 Å². The monoisotopic (exact) mass is 365 g/mol. The molecule has 24 heavy (non-hydrogen) atoms. The summed E-state index contributed by atoms with van der Waals surface area (Å²) in [5.74, 6) is 0.312. The molecule has 2 aromatic rings. The second-order valence-electron chi connectivity index (χ2n) is 5.53. The predicted octanol–water partition coefficient (Wildman–Crippen LogP) is 2.94. The van der Waals surface area contributed by atoms with Crippen LogP contribution in [-0.2, 0) is 6.42 Å². The Morgan fingerprint density at radius 2 is 1.75 bits per heavy atom. The zero-order valence-corrected chi connectivity index (χ0v) is 15.0. The van der Waals surface area contributed by atoms with Crippen LogP contribution in [0.1, 0.15) is 34.9 Å². The van der Waals surface area contributed by atoms with Gasteiger partial charge in [-0.2, -0.15) is 5.10 Å². The molecule has 0 bridgehead atoms. The van der Waals surface area contributed by atoms with Crippen LogP contribution < -0.4 is 11.5 Å². The summed E-state index contributed by atoms with van der Waals surface area (Å²) in [7, 11) is 0. The molecular weight excluding hydrogens is 345 g/mol. The Bertz CT molecular complexity index is 740. The summed E-state index contributed by atoms with van der Waals surface area (Å²) < 4.78 is 0. The smallest absolute Gasteiger partial charge is 0.211 e. The van der Waals surface area contributed by atoms with Gasteiger partial charge in [0, 0.05) is 11.3 Å². The number of halogens is 2. The maximum Gasteiger partial charge on any atom is 0.211 e. The maximum atomic E-state index is 5.40. The molecule has 0 saturated carbocycles. The first-order valence-electron chi connectivity index (χ1n) is 7.31. The number of hydrogen-bond donors (Lipinski definition) is 2. The van der Waals surface area contributed by atoms with E-state index in [9.17, 15) is 0 Å². The van der Waals surface area contributed by atoms with Gasteiger partial charge in [-0.3, -0.25) is 4.98 Å². The van der Waals surface area contributed by atoms with Gasteiger partial charge in [0.15, 0.2) is 0 Å². The van der Waals surface area contributed by atoms with Crippen LogP contribution in [0.4, 0.5) is 0 Å². The van der Waals surface area contributed by atoms with Gasteiger partial charge in [0.1, 0.15) is 0 Å². The molecule has 0 fully saturated rings. The van der Waals surface area contributed by atoms with Gasteiger partial charge in [-0.15, -0.1) is 29.9 Å². The third-order valence-corrected chi connectivity index (χ3v) is 3.86. The lowest BCUT2D eigenvalue weighted by Crippen LogP contribution is -2.24. The van der Waals surface area contributed by atoms with Crippen LogP contribution in [0, 0.1) is 6.92 Å². The van der Waals surface area contributed by atoms with E-state index in [2.05, 4.69) is 45.5 Å². The van der Waals surface area contributed by atoms with E-state index in [1.807, 2.05) is 19.1 Å². The molecule has 1 heterocycles. The Labute approximate surface area is 154 Å². The van der Waals surface area contributed by atoms with Crippen LogP contribution in [0.15, 0.2) is 52.7 Å². The van der Waals surface area contributed by atoms with Crippen molar-refractivity contribution in [1.82, 2.24) is 4.98 Å². The van der Waals surface area contributed by atoms with Crippen molar-refractivity contribution in [2.75, 3.05) is 0 Å². The highest BCUT2D eigenvalue weighted by atomic mass is 35.5. The molecule has 1 unspecified atom stereocenters. The topological polar surface area (TPSA) is 89.6 Å². The largest absolute Gasteiger partial charge is 0.369 e. The Morgan fingerprint density at radius 1 is 1.04 bits per heavy atom. The molecule has 1 aliphatic carbocycles. The van der Waals surface area contributed by atoms with E-state index in [0.29, 0.717) is 5.92 Å². The second kappa shape index (κ2) is 8.66. The summed E-state index contributed by atoms with van der Waals surface area (Å²) in [6, 6.07) is 14.5. The number of nitrogens with two attached hydrogens (primary N) is 2. The first-order valence-corrected chi connectivity index (χ1v) is 7.31. The lowest BCUT2D eigenvalue weighted by Gasteiger charge is -2.25. The number of nitrogens with zero attached hydrogens (tertiary/aromatic N) is 3. The van der Waals surface area contributed by atoms with Crippen LogP contribution in [0.5, 0.6) is 0 Å². The highest BCUT2D eigenvalue weighted by Gasteiger charge is 2.26. The van der Waals surface area contributed by atoms with E-state index >= 15 is 0 Å². The maximum absolute atomic E-state index is 5.40. The summed E-state index contributed by atoms with van der Waals surface area (Å²) in [6.07, 6.45) is 1.71. The molecule has 4 N–H and O–H groups in total. The number of benzene rings is 1. The minimum Gasteiger partial charge on any atom is -0.369 e. The van der Waals surface area contributed by atoms with Crippen LogP contribution in [0.25, 0.3) is 0 Å². The molecule has 1 aromatic heterocycles. The first-order chi connectivity index (χ1) is 10.6. The molecule has 0 saturated heterocycles. The van der Waals surface area contributed by atoms with Gasteiger partial charge >= 0.3 is 0 Å². The number of hydrogen-bond acceptors (Lipinski definition) is 3. The van der Waals surface area contributed by atoms with E-state index in [0.717, 1.165) is 35.5 Å². The van der Waals surface area contributed by atoms with Gasteiger partial charge in [0.2, 0.25) is 5.96 Å². The Balaban J connectivity index is 0.00000144. The molecule has 0 aliphatic heterocycles. The van der Waals surface area contributed by atoms with Crippen molar-refractivity contribution in [1.29, 1.82) is 0 Å². The van der Waals surface area contributed by atoms with Crippen molar-refractivity contribution in [3.63, 3.8) is 0 Å². The van der Waals surface area contributed by atoms with Gasteiger partial charge in [-0.25, -0.2) is 0 Å². The summed E-state index contributed by atoms with van der Waals surface area (Å²) in [4.78, 5) is 4.67. The van der Waals surface area contributed by atoms with Crippen molar-refractivity contribution in [3.8, 4) is 0 Å². The molecule has 0 amide bonds. The Hall–Kier alpha value is -2.11. The molecule has 0 radical (unpaired) electrons. The molecule has 128 valence electrons. The van der Waals surface area contributed by atoms with Crippen LogP contribution >= 0.6 is 24.8 Å². The number of rotatable bonds is 2. The van der Waals surface area contributed by atoms with Gasteiger partial charge in [0.25, 0.3) is 0 Å². The average molecular weight is 366 g/mol. The van der Waals surface area contributed by atoms with Crippen LogP contribution in [-0.4, -0.2) is 16.7 Å². The lowest BCUT2D eigenvalue weighted by molar-refractivity contribution is 0.676. The van der Waals surface area contributed by atoms with E-state index in [1.54, 1.807) is 0 Å². The molecular formula is C17H21Cl2N5. The summed E-state index contributed by atoms with van der Waals surface area (Å²) >= 11 is 0. The predicted molar refractivity (Wildman–Crippen MR) is 103 cm³/mol. The molecule has 1 aliphatic rings. The van der Waals surface area contributed by atoms with E-state index in [1.165, 1.54) is 5.56 Å². The molecule has 1 aromatic carbocycles. The van der Waals surface area contributed by atoms with Crippen LogP contribution in [0.3, 0.4) is 0 Å². The first kappa shape index (κ1) is 19.9. The third-order valence-electron chi connectivity index (χ3n) is 3.86. The van der Waals surface area contributed by atoms with Crippen molar-refractivity contribution >= 4 is 36.5 Å². The molecule has 0 spiro atoms. The second-order valence-corrected chi connectivity index (χ2v) is 5.53. The Kier molecular flexibility index (Phi) is 7.19. The number of guanidine groups is 1. The third kappa shape index (κ3) is 4.46. The highest BCUT2D eigenvalue weighted by molar-refractivity contribution is 6.03. The van der Waals surface area contributed by atoms with Gasteiger partial charge in [0.05, 0.1) is 11.4 Å². The summed E-state index contributed by atoms with van der Waals surface area (Å²) in [5, 5.41) is 8.07. The van der Waals surface area contributed by atoms with Crippen LogP contribution in [0.2, 0.25) is 0 Å². The zero-order chi connectivity index (χ0) is 15.5. The molecule has 3 rings (SSSR count). The van der Waals surface area contributed by atoms with E-state index in [4.69, 9.17) is 11.5 Å². The SMILES string of the molecule is Cc1ccc2c(n1)CC(c1ccccc1)C/C2=N\N=C(N)N.Cl.Cl. The summed E-state index contributed by atoms with van der Waals surface area (Å²) in [6.45, 7) is 2.00. The summed E-state index contributed by atoms with van der Waals surface area (Å²) in [5.41, 5.74) is 16.1. The fourth-order valence-electron chi connectivity index (χ4n) is 2.85. The van der Waals surface area contributed by atoms with Gasteiger partial charge < -0.3 is 11.5 Å².